The van der Waals surface area contributed by atoms with E-state index < -0.39 is 10.0 Å². The van der Waals surface area contributed by atoms with Gasteiger partial charge in [0, 0.05) is 18.8 Å². The normalized spacial score (nSPS) is 12.3. The van der Waals surface area contributed by atoms with Crippen molar-refractivity contribution >= 4 is 15.7 Å². The predicted molar refractivity (Wildman–Crippen MR) is 87.9 cm³/mol. The van der Waals surface area contributed by atoms with Crippen LogP contribution in [0.1, 0.15) is 24.5 Å². The van der Waals surface area contributed by atoms with Crippen LogP contribution in [0.3, 0.4) is 0 Å². The van der Waals surface area contributed by atoms with Crippen LogP contribution >= 0.6 is 0 Å². The third kappa shape index (κ3) is 4.43. The van der Waals surface area contributed by atoms with Gasteiger partial charge in [0.15, 0.2) is 0 Å². The molecule has 0 heterocycles. The van der Waals surface area contributed by atoms with E-state index in [4.69, 9.17) is 5.73 Å². The standard InChI is InChI=1S/C15H27N3O2S/c1-6-18(9-7-8-17(4)5)21(19,20)15-11-12(2)10-14(16)13(15)3/h10-11H,6-9,16H2,1-5H3. The summed E-state index contributed by atoms with van der Waals surface area (Å²) in [4.78, 5) is 2.38. The fourth-order valence-electron chi connectivity index (χ4n) is 2.27. The molecule has 0 bridgehead atoms. The monoisotopic (exact) mass is 313 g/mol. The first kappa shape index (κ1) is 17.9. The van der Waals surface area contributed by atoms with Crippen LogP contribution in [0.4, 0.5) is 5.69 Å². The van der Waals surface area contributed by atoms with Crippen LogP contribution in [-0.2, 0) is 10.0 Å². The lowest BCUT2D eigenvalue weighted by molar-refractivity contribution is 0.356. The van der Waals surface area contributed by atoms with Crippen LogP contribution in [-0.4, -0.2) is 51.4 Å². The second-order valence-electron chi connectivity index (χ2n) is 5.63. The Labute approximate surface area is 128 Å². The summed E-state index contributed by atoms with van der Waals surface area (Å²) in [6, 6.07) is 3.51. The summed E-state index contributed by atoms with van der Waals surface area (Å²) in [6.45, 7) is 7.32. The molecule has 1 aromatic rings. The summed E-state index contributed by atoms with van der Waals surface area (Å²) in [5, 5.41) is 0. The lowest BCUT2D eigenvalue weighted by atomic mass is 10.1. The molecule has 0 aliphatic heterocycles. The third-order valence-corrected chi connectivity index (χ3v) is 5.63. The molecule has 21 heavy (non-hydrogen) atoms. The van der Waals surface area contributed by atoms with Crippen LogP contribution in [0.15, 0.2) is 17.0 Å². The second-order valence-corrected chi connectivity index (χ2v) is 7.54. The van der Waals surface area contributed by atoms with Crippen molar-refractivity contribution in [3.8, 4) is 0 Å². The number of aryl methyl sites for hydroxylation is 1. The van der Waals surface area contributed by atoms with Crippen molar-refractivity contribution in [3.05, 3.63) is 23.3 Å². The van der Waals surface area contributed by atoms with E-state index in [1.807, 2.05) is 27.9 Å². The molecule has 120 valence electrons. The van der Waals surface area contributed by atoms with Gasteiger partial charge in [-0.25, -0.2) is 8.42 Å². The van der Waals surface area contributed by atoms with Crippen LogP contribution < -0.4 is 5.73 Å². The van der Waals surface area contributed by atoms with Gasteiger partial charge in [0.1, 0.15) is 0 Å². The Hall–Kier alpha value is -1.11. The maximum Gasteiger partial charge on any atom is 0.243 e. The molecule has 0 fully saturated rings. The number of hydrogen-bond donors (Lipinski definition) is 1. The lowest BCUT2D eigenvalue weighted by Crippen LogP contribution is -2.33. The molecular weight excluding hydrogens is 286 g/mol. The van der Waals surface area contributed by atoms with Crippen LogP contribution in [0.2, 0.25) is 0 Å². The van der Waals surface area contributed by atoms with E-state index in [0.29, 0.717) is 29.2 Å². The van der Waals surface area contributed by atoms with Crippen LogP contribution in [0, 0.1) is 13.8 Å². The highest BCUT2D eigenvalue weighted by atomic mass is 32.2. The fraction of sp³-hybridized carbons (Fsp3) is 0.600. The van der Waals surface area contributed by atoms with Gasteiger partial charge >= 0.3 is 0 Å². The maximum absolute atomic E-state index is 12.8. The molecule has 0 saturated carbocycles. The Kier molecular flexibility index (Phi) is 6.19. The minimum atomic E-state index is -3.49. The molecule has 1 aromatic carbocycles. The van der Waals surface area contributed by atoms with Gasteiger partial charge in [-0.15, -0.1) is 0 Å². The second kappa shape index (κ2) is 7.24. The third-order valence-electron chi connectivity index (χ3n) is 3.53. The van der Waals surface area contributed by atoms with Crippen molar-refractivity contribution in [3.63, 3.8) is 0 Å². The van der Waals surface area contributed by atoms with Crippen molar-refractivity contribution in [2.24, 2.45) is 0 Å². The van der Waals surface area contributed by atoms with Gasteiger partial charge in [-0.2, -0.15) is 4.31 Å². The highest BCUT2D eigenvalue weighted by molar-refractivity contribution is 7.89. The summed E-state index contributed by atoms with van der Waals surface area (Å²) >= 11 is 0. The van der Waals surface area contributed by atoms with E-state index >= 15 is 0 Å². The molecule has 0 spiro atoms. The summed E-state index contributed by atoms with van der Waals surface area (Å²) in [7, 11) is 0.475. The summed E-state index contributed by atoms with van der Waals surface area (Å²) in [5.41, 5.74) is 7.93. The molecule has 0 aliphatic rings. The zero-order chi connectivity index (χ0) is 16.2. The van der Waals surface area contributed by atoms with Crippen molar-refractivity contribution in [1.82, 2.24) is 9.21 Å². The van der Waals surface area contributed by atoms with E-state index in [9.17, 15) is 8.42 Å². The van der Waals surface area contributed by atoms with E-state index in [1.165, 1.54) is 4.31 Å². The molecule has 0 atom stereocenters. The SMILES string of the molecule is CCN(CCCN(C)C)S(=O)(=O)c1cc(C)cc(N)c1C. The molecule has 6 heteroatoms. The van der Waals surface area contributed by atoms with Crippen molar-refractivity contribution in [2.75, 3.05) is 39.5 Å². The number of nitrogens with two attached hydrogens (primary N) is 1. The summed E-state index contributed by atoms with van der Waals surface area (Å²) < 4.78 is 27.2. The highest BCUT2D eigenvalue weighted by Gasteiger charge is 2.25. The number of rotatable bonds is 7. The van der Waals surface area contributed by atoms with E-state index in [2.05, 4.69) is 4.90 Å². The Morgan fingerprint density at radius 2 is 1.76 bits per heavy atom. The van der Waals surface area contributed by atoms with Crippen molar-refractivity contribution in [2.45, 2.75) is 32.1 Å². The van der Waals surface area contributed by atoms with Gasteiger partial charge in [0.05, 0.1) is 4.90 Å². The molecule has 0 radical (unpaired) electrons. The smallest absolute Gasteiger partial charge is 0.243 e. The Morgan fingerprint density at radius 3 is 2.29 bits per heavy atom. The molecule has 0 aromatic heterocycles. The lowest BCUT2D eigenvalue weighted by Gasteiger charge is -2.23. The molecule has 5 nitrogen and oxygen atoms in total. The molecule has 0 unspecified atom stereocenters. The quantitative estimate of drug-likeness (QED) is 0.780. The van der Waals surface area contributed by atoms with Crippen LogP contribution in [0.5, 0.6) is 0 Å². The van der Waals surface area contributed by atoms with Crippen molar-refractivity contribution < 1.29 is 8.42 Å². The highest BCUT2D eigenvalue weighted by Crippen LogP contribution is 2.26. The van der Waals surface area contributed by atoms with E-state index in [1.54, 1.807) is 19.1 Å². The molecule has 1 rings (SSSR count). The topological polar surface area (TPSA) is 66.6 Å². The molecular formula is C15H27N3O2S. The largest absolute Gasteiger partial charge is 0.398 e. The number of sulfonamides is 1. The van der Waals surface area contributed by atoms with Crippen LogP contribution in [0.25, 0.3) is 0 Å². The first-order valence-corrected chi connectivity index (χ1v) is 8.65. The van der Waals surface area contributed by atoms with Gasteiger partial charge in [-0.05, 0) is 64.2 Å². The Balaban J connectivity index is 3.08. The van der Waals surface area contributed by atoms with Gasteiger partial charge in [-0.3, -0.25) is 0 Å². The van der Waals surface area contributed by atoms with Gasteiger partial charge in [-0.1, -0.05) is 6.92 Å². The van der Waals surface area contributed by atoms with Gasteiger partial charge in [0.2, 0.25) is 10.0 Å². The van der Waals surface area contributed by atoms with E-state index in [-0.39, 0.29) is 0 Å². The number of hydrogen-bond acceptors (Lipinski definition) is 4. The predicted octanol–water partition coefficient (Wildman–Crippen LogP) is 1.85. The average Bonchev–Trinajstić information content (AvgIpc) is 2.38. The number of nitrogen functional groups attached to an aromatic ring is 1. The first-order valence-electron chi connectivity index (χ1n) is 7.21. The van der Waals surface area contributed by atoms with Gasteiger partial charge < -0.3 is 10.6 Å². The van der Waals surface area contributed by atoms with E-state index in [0.717, 1.165) is 18.5 Å². The number of nitrogens with zero attached hydrogens (tertiary/aromatic N) is 2. The Morgan fingerprint density at radius 1 is 1.14 bits per heavy atom. The molecule has 0 saturated heterocycles. The number of anilines is 1. The van der Waals surface area contributed by atoms with Gasteiger partial charge in [0.25, 0.3) is 0 Å². The van der Waals surface area contributed by atoms with Crippen molar-refractivity contribution in [1.29, 1.82) is 0 Å². The summed E-state index contributed by atoms with van der Waals surface area (Å²) in [5.74, 6) is 0. The molecule has 0 amide bonds. The molecule has 0 aliphatic carbocycles. The summed E-state index contributed by atoms with van der Waals surface area (Å²) in [6.07, 6.45) is 0.806. The minimum Gasteiger partial charge on any atom is -0.398 e. The zero-order valence-corrected chi connectivity index (χ0v) is 14.5. The zero-order valence-electron chi connectivity index (χ0n) is 13.7. The Bertz CT molecular complexity index is 583. The minimum absolute atomic E-state index is 0.326. The number of benzene rings is 1. The maximum atomic E-state index is 12.8. The fourth-order valence-corrected chi connectivity index (χ4v) is 4.10. The first-order chi connectivity index (χ1) is 9.70. The molecule has 2 N–H and O–H groups in total. The average molecular weight is 313 g/mol.